The summed E-state index contributed by atoms with van der Waals surface area (Å²) in [5.74, 6) is -2.20. The van der Waals surface area contributed by atoms with Crippen LogP contribution in [0.15, 0.2) is 48.5 Å². The molecule has 2 aromatic rings. The molecule has 6 nitrogen and oxygen atoms in total. The molecule has 3 rings (SSSR count). The maximum atomic E-state index is 12.5. The highest BCUT2D eigenvalue weighted by molar-refractivity contribution is 6.03. The molecule has 0 radical (unpaired) electrons. The van der Waals surface area contributed by atoms with Gasteiger partial charge in [0.1, 0.15) is 0 Å². The summed E-state index contributed by atoms with van der Waals surface area (Å²) in [6.07, 6.45) is 0.174. The minimum atomic E-state index is -0.896. The van der Waals surface area contributed by atoms with Crippen LogP contribution >= 0.6 is 0 Å². The van der Waals surface area contributed by atoms with Crippen LogP contribution in [0.3, 0.4) is 0 Å². The molecule has 6 heteroatoms. The summed E-state index contributed by atoms with van der Waals surface area (Å²) >= 11 is 0. The Morgan fingerprint density at radius 2 is 1.74 bits per heavy atom. The lowest BCUT2D eigenvalue weighted by Gasteiger charge is -2.17. The van der Waals surface area contributed by atoms with Gasteiger partial charge in [-0.05, 0) is 43.7 Å². The van der Waals surface area contributed by atoms with E-state index in [4.69, 9.17) is 5.11 Å². The summed E-state index contributed by atoms with van der Waals surface area (Å²) in [6, 6.07) is 14.4. The first kappa shape index (κ1) is 18.6. The second-order valence-corrected chi connectivity index (χ2v) is 6.91. The van der Waals surface area contributed by atoms with E-state index in [1.54, 1.807) is 36.1 Å². The molecule has 0 aromatic heterocycles. The van der Waals surface area contributed by atoms with Crippen molar-refractivity contribution in [3.63, 3.8) is 0 Å². The number of nitrogens with zero attached hydrogens (tertiary/aromatic N) is 1. The smallest absolute Gasteiger partial charge is 0.310 e. The first-order valence-electron chi connectivity index (χ1n) is 8.86. The molecule has 1 saturated heterocycles. The summed E-state index contributed by atoms with van der Waals surface area (Å²) in [5, 5.41) is 11.9. The highest BCUT2D eigenvalue weighted by atomic mass is 16.4. The molecule has 140 valence electrons. The first-order chi connectivity index (χ1) is 12.8. The fraction of sp³-hybridized carbons (Fsp3) is 0.286. The minimum Gasteiger partial charge on any atom is -0.481 e. The third-order valence-electron chi connectivity index (χ3n) is 4.89. The molecular weight excluding hydrogens is 344 g/mol. The van der Waals surface area contributed by atoms with Crippen molar-refractivity contribution in [3.05, 3.63) is 59.7 Å². The number of rotatable bonds is 5. The van der Waals surface area contributed by atoms with E-state index in [2.05, 4.69) is 5.32 Å². The molecule has 0 spiro atoms. The summed E-state index contributed by atoms with van der Waals surface area (Å²) in [5.41, 5.74) is 3.16. The number of benzene rings is 2. The van der Waals surface area contributed by atoms with E-state index < -0.39 is 17.8 Å². The second-order valence-electron chi connectivity index (χ2n) is 6.91. The van der Waals surface area contributed by atoms with Crippen LogP contribution in [0.25, 0.3) is 0 Å². The van der Waals surface area contributed by atoms with Gasteiger partial charge in [-0.25, -0.2) is 0 Å². The van der Waals surface area contributed by atoms with E-state index in [9.17, 15) is 14.4 Å². The highest BCUT2D eigenvalue weighted by Crippen LogP contribution is 2.26. The van der Waals surface area contributed by atoms with Crippen molar-refractivity contribution in [2.45, 2.75) is 26.2 Å². The molecular formula is C21H22N2O4. The monoisotopic (exact) mass is 366 g/mol. The lowest BCUT2D eigenvalue weighted by Crippen LogP contribution is -2.28. The zero-order valence-electron chi connectivity index (χ0n) is 15.3. The number of aliphatic carboxylic acids is 1. The molecule has 27 heavy (non-hydrogen) atoms. The van der Waals surface area contributed by atoms with Gasteiger partial charge in [0.15, 0.2) is 0 Å². The third kappa shape index (κ3) is 4.16. The summed E-state index contributed by atoms with van der Waals surface area (Å²) in [4.78, 5) is 37.5. The molecule has 1 aliphatic heterocycles. The third-order valence-corrected chi connectivity index (χ3v) is 4.89. The largest absolute Gasteiger partial charge is 0.481 e. The van der Waals surface area contributed by atoms with Gasteiger partial charge in [0.2, 0.25) is 11.8 Å². The van der Waals surface area contributed by atoms with Crippen molar-refractivity contribution in [1.29, 1.82) is 0 Å². The molecule has 0 bridgehead atoms. The fourth-order valence-electron chi connectivity index (χ4n) is 3.10. The zero-order valence-corrected chi connectivity index (χ0v) is 15.3. The van der Waals surface area contributed by atoms with E-state index in [0.717, 1.165) is 11.3 Å². The Labute approximate surface area is 157 Å². The Balaban J connectivity index is 1.64. The van der Waals surface area contributed by atoms with Gasteiger partial charge in [-0.3, -0.25) is 14.4 Å². The van der Waals surface area contributed by atoms with Crippen molar-refractivity contribution in [1.82, 2.24) is 0 Å². The van der Waals surface area contributed by atoms with Gasteiger partial charge in [-0.2, -0.15) is 0 Å². The van der Waals surface area contributed by atoms with E-state index in [0.29, 0.717) is 17.8 Å². The Bertz CT molecular complexity index is 859. The van der Waals surface area contributed by atoms with Crippen molar-refractivity contribution in [3.8, 4) is 0 Å². The van der Waals surface area contributed by atoms with Crippen LogP contribution in [-0.4, -0.2) is 29.4 Å². The van der Waals surface area contributed by atoms with Crippen LogP contribution in [-0.2, 0) is 14.4 Å². The Kier molecular flexibility index (Phi) is 5.26. The average molecular weight is 366 g/mol. The summed E-state index contributed by atoms with van der Waals surface area (Å²) in [7, 11) is 0. The molecule has 0 saturated carbocycles. The van der Waals surface area contributed by atoms with Gasteiger partial charge in [-0.1, -0.05) is 29.8 Å². The summed E-state index contributed by atoms with van der Waals surface area (Å²) < 4.78 is 0. The van der Waals surface area contributed by atoms with Crippen LogP contribution in [0.4, 0.5) is 11.4 Å². The molecule has 2 N–H and O–H groups in total. The molecule has 1 fully saturated rings. The van der Waals surface area contributed by atoms with Crippen LogP contribution in [0.2, 0.25) is 0 Å². The molecule has 1 aliphatic rings. The van der Waals surface area contributed by atoms with Gasteiger partial charge in [0.25, 0.3) is 0 Å². The van der Waals surface area contributed by atoms with Crippen molar-refractivity contribution in [2.24, 2.45) is 5.92 Å². The number of anilines is 2. The Morgan fingerprint density at radius 3 is 2.33 bits per heavy atom. The second kappa shape index (κ2) is 7.61. The first-order valence-corrected chi connectivity index (χ1v) is 8.86. The van der Waals surface area contributed by atoms with Gasteiger partial charge in [0, 0.05) is 24.3 Å². The number of aryl methyl sites for hydroxylation is 1. The number of amides is 2. The topological polar surface area (TPSA) is 86.7 Å². The van der Waals surface area contributed by atoms with Crippen molar-refractivity contribution < 1.29 is 19.5 Å². The Morgan fingerprint density at radius 1 is 1.11 bits per heavy atom. The van der Waals surface area contributed by atoms with Crippen LogP contribution < -0.4 is 10.2 Å². The molecule has 2 unspecified atom stereocenters. The highest BCUT2D eigenvalue weighted by Gasteiger charge is 2.35. The molecule has 0 aliphatic carbocycles. The lowest BCUT2D eigenvalue weighted by atomic mass is 10.0. The quantitative estimate of drug-likeness (QED) is 0.851. The Hall–Kier alpha value is -3.15. The number of carboxylic acids is 1. The van der Waals surface area contributed by atoms with Crippen molar-refractivity contribution >= 4 is 29.2 Å². The number of carbonyl (C=O) groups excluding carboxylic acids is 2. The van der Waals surface area contributed by atoms with E-state index in [1.165, 1.54) is 0 Å². The standard InChI is InChI=1S/C21H22N2O4/c1-13-3-9-18(10-4-13)23-12-16(11-19(23)24)20(25)22-17-7-5-15(6-8-17)14(2)21(26)27/h3-10,14,16H,11-12H2,1-2H3,(H,22,25)(H,26,27). The number of carboxylic acid groups (broad SMARTS) is 1. The van der Waals surface area contributed by atoms with Crippen molar-refractivity contribution in [2.75, 3.05) is 16.8 Å². The van der Waals surface area contributed by atoms with E-state index in [-0.39, 0.29) is 18.2 Å². The molecule has 1 heterocycles. The van der Waals surface area contributed by atoms with Crippen LogP contribution in [0.5, 0.6) is 0 Å². The van der Waals surface area contributed by atoms with Gasteiger partial charge in [0.05, 0.1) is 11.8 Å². The normalized spacial score (nSPS) is 17.6. The number of nitrogens with one attached hydrogen (secondary N) is 1. The SMILES string of the molecule is Cc1ccc(N2CC(C(=O)Nc3ccc(C(C)C(=O)O)cc3)CC2=O)cc1. The molecule has 2 amide bonds. The minimum absolute atomic E-state index is 0.0652. The molecule has 2 atom stereocenters. The predicted octanol–water partition coefficient (Wildman–Crippen LogP) is 3.17. The molecule has 2 aromatic carbocycles. The van der Waals surface area contributed by atoms with Gasteiger partial charge >= 0.3 is 5.97 Å². The summed E-state index contributed by atoms with van der Waals surface area (Å²) in [6.45, 7) is 3.94. The van der Waals surface area contributed by atoms with Gasteiger partial charge in [-0.15, -0.1) is 0 Å². The lowest BCUT2D eigenvalue weighted by molar-refractivity contribution is -0.138. The maximum Gasteiger partial charge on any atom is 0.310 e. The zero-order chi connectivity index (χ0) is 19.6. The average Bonchev–Trinajstić information content (AvgIpc) is 3.04. The maximum absolute atomic E-state index is 12.5. The van der Waals surface area contributed by atoms with Crippen LogP contribution in [0, 0.1) is 12.8 Å². The predicted molar refractivity (Wildman–Crippen MR) is 103 cm³/mol. The van der Waals surface area contributed by atoms with Crippen LogP contribution in [0.1, 0.15) is 30.4 Å². The van der Waals surface area contributed by atoms with E-state index in [1.807, 2.05) is 31.2 Å². The van der Waals surface area contributed by atoms with E-state index >= 15 is 0 Å². The number of hydrogen-bond acceptors (Lipinski definition) is 3. The fourth-order valence-corrected chi connectivity index (χ4v) is 3.10. The van der Waals surface area contributed by atoms with Gasteiger partial charge < -0.3 is 15.3 Å². The number of carbonyl (C=O) groups is 3. The number of hydrogen-bond donors (Lipinski definition) is 2.